The highest BCUT2D eigenvalue weighted by molar-refractivity contribution is 6.19. The summed E-state index contributed by atoms with van der Waals surface area (Å²) in [7, 11) is 0. The summed E-state index contributed by atoms with van der Waals surface area (Å²) < 4.78 is 17.2. The minimum absolute atomic E-state index is 0.0783. The fourth-order valence-corrected chi connectivity index (χ4v) is 4.08. The monoisotopic (exact) mass is 472 g/mol. The predicted molar refractivity (Wildman–Crippen MR) is 121 cm³/mol. The maximum absolute atomic E-state index is 13.4. The first-order chi connectivity index (χ1) is 16.2. The lowest BCUT2D eigenvalue weighted by atomic mass is 9.71. The number of carbonyl (C=O) groups is 1. The van der Waals surface area contributed by atoms with E-state index in [1.165, 1.54) is 0 Å². The molecule has 1 heterocycles. The Labute approximate surface area is 195 Å². The van der Waals surface area contributed by atoms with Crippen molar-refractivity contribution in [3.05, 3.63) is 58.8 Å². The molecule has 2 aromatic carbocycles. The lowest BCUT2D eigenvalue weighted by Crippen LogP contribution is -2.34. The number of furan rings is 1. The summed E-state index contributed by atoms with van der Waals surface area (Å²) in [6.07, 6.45) is -3.57. The molecule has 0 amide bonds. The second-order valence-corrected chi connectivity index (χ2v) is 8.90. The van der Waals surface area contributed by atoms with Crippen LogP contribution in [0.3, 0.4) is 0 Å². The second-order valence-electron chi connectivity index (χ2n) is 8.90. The standard InChI is InChI=1S/C25H28O9/c1-25(2)18-7-14(33-12-20(30)19(29)10-27)3-5-16(18)23(31)22-17-6-4-15(32-11-13(28)9-26)8-21(17)34-24(22)25/h3-8,13,19-20,26-30H,9-12H2,1-2H3. The molecule has 1 aliphatic carbocycles. The first kappa shape index (κ1) is 24.2. The molecular weight excluding hydrogens is 444 g/mol. The van der Waals surface area contributed by atoms with Crippen LogP contribution in [0.1, 0.15) is 41.1 Å². The molecule has 0 aliphatic heterocycles. The fourth-order valence-electron chi connectivity index (χ4n) is 4.08. The molecule has 0 saturated carbocycles. The Balaban J connectivity index is 1.66. The quantitative estimate of drug-likeness (QED) is 0.309. The lowest BCUT2D eigenvalue weighted by Gasteiger charge is -2.31. The predicted octanol–water partition coefficient (Wildman–Crippen LogP) is 1.13. The maximum Gasteiger partial charge on any atom is 0.197 e. The molecule has 0 fully saturated rings. The van der Waals surface area contributed by atoms with Gasteiger partial charge in [0.2, 0.25) is 0 Å². The van der Waals surface area contributed by atoms with Crippen LogP contribution in [0.25, 0.3) is 11.0 Å². The normalized spacial score (nSPS) is 17.1. The number of aliphatic hydroxyl groups is 5. The van der Waals surface area contributed by atoms with Crippen molar-refractivity contribution in [1.29, 1.82) is 0 Å². The lowest BCUT2D eigenvalue weighted by molar-refractivity contribution is -0.0339. The Morgan fingerprint density at radius 1 is 0.912 bits per heavy atom. The molecule has 0 bridgehead atoms. The minimum atomic E-state index is -1.31. The number of hydrogen-bond acceptors (Lipinski definition) is 9. The van der Waals surface area contributed by atoms with Crippen molar-refractivity contribution >= 4 is 16.8 Å². The van der Waals surface area contributed by atoms with Gasteiger partial charge in [-0.15, -0.1) is 0 Å². The number of ketones is 1. The number of fused-ring (bicyclic) bond motifs is 4. The summed E-state index contributed by atoms with van der Waals surface area (Å²) in [6, 6.07) is 10.1. The van der Waals surface area contributed by atoms with Gasteiger partial charge in [-0.25, -0.2) is 0 Å². The van der Waals surface area contributed by atoms with Crippen LogP contribution in [0.2, 0.25) is 0 Å². The van der Waals surface area contributed by atoms with E-state index >= 15 is 0 Å². The Morgan fingerprint density at radius 3 is 2.29 bits per heavy atom. The molecule has 182 valence electrons. The van der Waals surface area contributed by atoms with Crippen molar-refractivity contribution in [3.8, 4) is 11.5 Å². The van der Waals surface area contributed by atoms with E-state index in [0.29, 0.717) is 44.9 Å². The average molecular weight is 472 g/mol. The number of carbonyl (C=O) groups excluding carboxylic acids is 1. The summed E-state index contributed by atoms with van der Waals surface area (Å²) >= 11 is 0. The molecule has 9 heteroatoms. The van der Waals surface area contributed by atoms with Crippen LogP contribution in [0.4, 0.5) is 0 Å². The van der Waals surface area contributed by atoms with E-state index in [4.69, 9.17) is 24.1 Å². The van der Waals surface area contributed by atoms with Gasteiger partial charge >= 0.3 is 0 Å². The highest BCUT2D eigenvalue weighted by Gasteiger charge is 2.41. The van der Waals surface area contributed by atoms with Crippen molar-refractivity contribution in [1.82, 2.24) is 0 Å². The zero-order valence-corrected chi connectivity index (χ0v) is 18.9. The Hall–Kier alpha value is -2.95. The van der Waals surface area contributed by atoms with E-state index in [1.807, 2.05) is 13.8 Å². The van der Waals surface area contributed by atoms with Crippen molar-refractivity contribution in [3.63, 3.8) is 0 Å². The SMILES string of the molecule is CC1(C)c2cc(OCC(O)C(O)CO)ccc2C(=O)c2c1oc1cc(OCC(O)CO)ccc21. The fraction of sp³-hybridized carbons (Fsp3) is 0.400. The van der Waals surface area contributed by atoms with Crippen molar-refractivity contribution < 1.29 is 44.2 Å². The van der Waals surface area contributed by atoms with E-state index in [1.54, 1.807) is 36.4 Å². The Bertz CT molecular complexity index is 1200. The third kappa shape index (κ3) is 4.28. The zero-order chi connectivity index (χ0) is 24.6. The van der Waals surface area contributed by atoms with Crippen LogP contribution in [-0.4, -0.2) is 76.1 Å². The molecule has 34 heavy (non-hydrogen) atoms. The highest BCUT2D eigenvalue weighted by atomic mass is 16.5. The smallest absolute Gasteiger partial charge is 0.197 e. The summed E-state index contributed by atoms with van der Waals surface area (Å²) in [5.74, 6) is 1.16. The molecule has 0 saturated heterocycles. The van der Waals surface area contributed by atoms with Gasteiger partial charge in [-0.05, 0) is 49.7 Å². The molecular formula is C25H28O9. The molecule has 3 unspecified atom stereocenters. The van der Waals surface area contributed by atoms with Gasteiger partial charge in [0.1, 0.15) is 54.4 Å². The van der Waals surface area contributed by atoms with Gasteiger partial charge in [-0.3, -0.25) is 4.79 Å². The molecule has 1 aromatic heterocycles. The molecule has 0 radical (unpaired) electrons. The van der Waals surface area contributed by atoms with Gasteiger partial charge < -0.3 is 39.4 Å². The van der Waals surface area contributed by atoms with Crippen molar-refractivity contribution in [2.45, 2.75) is 37.6 Å². The van der Waals surface area contributed by atoms with Crippen molar-refractivity contribution in [2.75, 3.05) is 26.4 Å². The van der Waals surface area contributed by atoms with E-state index in [0.717, 1.165) is 0 Å². The number of aliphatic hydroxyl groups excluding tert-OH is 5. The Morgan fingerprint density at radius 2 is 1.59 bits per heavy atom. The molecule has 3 aromatic rings. The Kier molecular flexibility index (Phi) is 6.66. The maximum atomic E-state index is 13.4. The summed E-state index contributed by atoms with van der Waals surface area (Å²) in [5, 5.41) is 47.4. The van der Waals surface area contributed by atoms with Gasteiger partial charge in [0.05, 0.1) is 18.8 Å². The zero-order valence-electron chi connectivity index (χ0n) is 18.9. The minimum Gasteiger partial charge on any atom is -0.491 e. The first-order valence-electron chi connectivity index (χ1n) is 10.9. The number of hydrogen-bond donors (Lipinski definition) is 5. The summed E-state index contributed by atoms with van der Waals surface area (Å²) in [5.41, 5.74) is 1.46. The van der Waals surface area contributed by atoms with E-state index in [2.05, 4.69) is 0 Å². The van der Waals surface area contributed by atoms with Crippen LogP contribution in [-0.2, 0) is 5.41 Å². The van der Waals surface area contributed by atoms with Gasteiger partial charge in [-0.1, -0.05) is 0 Å². The van der Waals surface area contributed by atoms with Crippen LogP contribution in [0.15, 0.2) is 40.8 Å². The third-order valence-corrected chi connectivity index (χ3v) is 6.07. The highest BCUT2D eigenvalue weighted by Crippen LogP contribution is 2.46. The molecule has 5 N–H and O–H groups in total. The average Bonchev–Trinajstić information content (AvgIpc) is 3.24. The summed E-state index contributed by atoms with van der Waals surface area (Å²) in [6.45, 7) is 2.57. The number of ether oxygens (including phenoxy) is 2. The molecule has 9 nitrogen and oxygen atoms in total. The third-order valence-electron chi connectivity index (χ3n) is 6.07. The first-order valence-corrected chi connectivity index (χ1v) is 10.9. The van der Waals surface area contributed by atoms with Crippen LogP contribution >= 0.6 is 0 Å². The number of benzene rings is 2. The van der Waals surface area contributed by atoms with Crippen LogP contribution in [0, 0.1) is 0 Å². The van der Waals surface area contributed by atoms with Crippen molar-refractivity contribution in [2.24, 2.45) is 0 Å². The molecule has 1 aliphatic rings. The largest absolute Gasteiger partial charge is 0.491 e. The summed E-state index contributed by atoms with van der Waals surface area (Å²) in [4.78, 5) is 13.4. The van der Waals surface area contributed by atoms with Gasteiger partial charge in [0.25, 0.3) is 0 Å². The van der Waals surface area contributed by atoms with E-state index in [9.17, 15) is 20.1 Å². The second kappa shape index (κ2) is 9.36. The number of rotatable bonds is 9. The van der Waals surface area contributed by atoms with E-state index < -0.39 is 36.9 Å². The molecule has 3 atom stereocenters. The van der Waals surface area contributed by atoms with Gasteiger partial charge in [0.15, 0.2) is 5.78 Å². The topological polar surface area (TPSA) is 150 Å². The molecule has 4 rings (SSSR count). The molecule has 0 spiro atoms. The van der Waals surface area contributed by atoms with Crippen LogP contribution in [0.5, 0.6) is 11.5 Å². The van der Waals surface area contributed by atoms with Crippen LogP contribution < -0.4 is 9.47 Å². The van der Waals surface area contributed by atoms with Gasteiger partial charge in [-0.2, -0.15) is 0 Å². The van der Waals surface area contributed by atoms with E-state index in [-0.39, 0.29) is 19.0 Å². The van der Waals surface area contributed by atoms with Gasteiger partial charge in [0, 0.05) is 22.4 Å².